The minimum atomic E-state index is -0.730. The summed E-state index contributed by atoms with van der Waals surface area (Å²) in [6.07, 6.45) is 3.83. The van der Waals surface area contributed by atoms with E-state index in [1.807, 2.05) is 6.92 Å². The number of hydrogen-bond acceptors (Lipinski definition) is 4. The lowest BCUT2D eigenvalue weighted by atomic mass is 9.99. The van der Waals surface area contributed by atoms with Crippen LogP contribution in [-0.2, 0) is 9.53 Å². The van der Waals surface area contributed by atoms with E-state index >= 15 is 0 Å². The van der Waals surface area contributed by atoms with Crippen molar-refractivity contribution in [3.63, 3.8) is 0 Å². The largest absolute Gasteiger partial charge is 0.465 e. The van der Waals surface area contributed by atoms with Gasteiger partial charge in [-0.15, -0.1) is 0 Å². The number of nitrogens with zero attached hydrogens (tertiary/aromatic N) is 1. The van der Waals surface area contributed by atoms with Crippen LogP contribution >= 0.6 is 0 Å². The third kappa shape index (κ3) is 2.63. The van der Waals surface area contributed by atoms with Gasteiger partial charge in [0.25, 0.3) is 0 Å². The Morgan fingerprint density at radius 1 is 1.53 bits per heavy atom. The number of rotatable bonds is 3. The molecule has 0 bridgehead atoms. The number of carbonyl (C=O) groups is 1. The predicted molar refractivity (Wildman–Crippen MR) is 66.5 cm³/mol. The van der Waals surface area contributed by atoms with E-state index in [2.05, 4.69) is 11.8 Å². The smallest absolute Gasteiger partial charge is 0.326 e. The minimum Gasteiger partial charge on any atom is -0.465 e. The SMILES string of the molecule is CCOC(=O)C1(N)CCC(N2CCC(C)C2)C1. The quantitative estimate of drug-likeness (QED) is 0.752. The van der Waals surface area contributed by atoms with Crippen LogP contribution in [0.2, 0.25) is 0 Å². The van der Waals surface area contributed by atoms with Crippen molar-refractivity contribution in [3.05, 3.63) is 0 Å². The van der Waals surface area contributed by atoms with Gasteiger partial charge in [0, 0.05) is 12.6 Å². The fourth-order valence-corrected chi connectivity index (χ4v) is 3.12. The molecule has 17 heavy (non-hydrogen) atoms. The van der Waals surface area contributed by atoms with Crippen molar-refractivity contribution in [3.8, 4) is 0 Å². The number of likely N-dealkylation sites (tertiary alicyclic amines) is 1. The number of carbonyl (C=O) groups excluding carboxylic acids is 1. The number of hydrogen-bond donors (Lipinski definition) is 1. The Balaban J connectivity index is 1.92. The maximum Gasteiger partial charge on any atom is 0.326 e. The van der Waals surface area contributed by atoms with E-state index in [1.54, 1.807) is 0 Å². The molecular weight excluding hydrogens is 216 g/mol. The Kier molecular flexibility index (Phi) is 3.73. The van der Waals surface area contributed by atoms with E-state index in [4.69, 9.17) is 10.5 Å². The van der Waals surface area contributed by atoms with Gasteiger partial charge < -0.3 is 15.4 Å². The molecule has 0 aromatic carbocycles. The third-order valence-corrected chi connectivity index (χ3v) is 4.18. The van der Waals surface area contributed by atoms with Gasteiger partial charge in [-0.05, 0) is 45.1 Å². The molecule has 0 spiro atoms. The molecular formula is C13H24N2O2. The summed E-state index contributed by atoms with van der Waals surface area (Å²) in [6, 6.07) is 0.481. The molecule has 1 saturated heterocycles. The van der Waals surface area contributed by atoms with Crippen LogP contribution in [0.15, 0.2) is 0 Å². The molecule has 2 aliphatic rings. The van der Waals surface area contributed by atoms with Crippen molar-refractivity contribution >= 4 is 5.97 Å². The van der Waals surface area contributed by atoms with Crippen LogP contribution < -0.4 is 5.73 Å². The summed E-state index contributed by atoms with van der Waals surface area (Å²) in [6.45, 7) is 6.85. The first-order valence-electron chi connectivity index (χ1n) is 6.75. The lowest BCUT2D eigenvalue weighted by molar-refractivity contribution is -0.149. The highest BCUT2D eigenvalue weighted by molar-refractivity contribution is 5.81. The molecule has 0 aromatic heterocycles. The average molecular weight is 240 g/mol. The molecule has 98 valence electrons. The summed E-state index contributed by atoms with van der Waals surface area (Å²) < 4.78 is 5.08. The molecule has 0 amide bonds. The molecule has 3 atom stereocenters. The van der Waals surface area contributed by atoms with Crippen LogP contribution in [0.3, 0.4) is 0 Å². The standard InChI is InChI=1S/C13H24N2O2/c1-3-17-12(16)13(14)6-4-11(8-13)15-7-5-10(2)9-15/h10-11H,3-9,14H2,1-2H3. The second-order valence-corrected chi connectivity index (χ2v) is 5.66. The first-order chi connectivity index (χ1) is 8.05. The minimum absolute atomic E-state index is 0.213. The molecule has 2 N–H and O–H groups in total. The zero-order valence-corrected chi connectivity index (χ0v) is 10.9. The first-order valence-corrected chi connectivity index (χ1v) is 6.75. The van der Waals surface area contributed by atoms with Crippen molar-refractivity contribution in [1.82, 2.24) is 4.90 Å². The Morgan fingerprint density at radius 2 is 2.29 bits per heavy atom. The summed E-state index contributed by atoms with van der Waals surface area (Å²) in [5, 5.41) is 0. The van der Waals surface area contributed by atoms with Gasteiger partial charge in [-0.3, -0.25) is 4.79 Å². The van der Waals surface area contributed by atoms with Gasteiger partial charge in [0.2, 0.25) is 0 Å². The molecule has 1 aliphatic carbocycles. The monoisotopic (exact) mass is 240 g/mol. The molecule has 0 aromatic rings. The first kappa shape index (κ1) is 12.8. The van der Waals surface area contributed by atoms with Crippen LogP contribution in [0.25, 0.3) is 0 Å². The lowest BCUT2D eigenvalue weighted by Crippen LogP contribution is -2.48. The maximum atomic E-state index is 11.8. The Hall–Kier alpha value is -0.610. The van der Waals surface area contributed by atoms with E-state index < -0.39 is 5.54 Å². The van der Waals surface area contributed by atoms with Gasteiger partial charge in [-0.2, -0.15) is 0 Å². The molecule has 2 fully saturated rings. The van der Waals surface area contributed by atoms with E-state index in [0.717, 1.165) is 38.3 Å². The summed E-state index contributed by atoms with van der Waals surface area (Å²) in [4.78, 5) is 14.3. The molecule has 0 radical (unpaired) electrons. The summed E-state index contributed by atoms with van der Waals surface area (Å²) >= 11 is 0. The molecule has 1 saturated carbocycles. The molecule has 4 nitrogen and oxygen atoms in total. The molecule has 3 unspecified atom stereocenters. The van der Waals surface area contributed by atoms with E-state index in [1.165, 1.54) is 6.42 Å². The Morgan fingerprint density at radius 3 is 2.88 bits per heavy atom. The molecule has 1 aliphatic heterocycles. The van der Waals surface area contributed by atoms with Crippen molar-refractivity contribution in [1.29, 1.82) is 0 Å². The number of esters is 1. The van der Waals surface area contributed by atoms with Gasteiger partial charge in [-0.25, -0.2) is 0 Å². The van der Waals surface area contributed by atoms with Gasteiger partial charge >= 0.3 is 5.97 Å². The fraction of sp³-hybridized carbons (Fsp3) is 0.923. The second kappa shape index (κ2) is 4.94. The van der Waals surface area contributed by atoms with Crippen LogP contribution in [0, 0.1) is 5.92 Å². The highest BCUT2D eigenvalue weighted by Gasteiger charge is 2.45. The van der Waals surface area contributed by atoms with Gasteiger partial charge in [-0.1, -0.05) is 6.92 Å². The Labute approximate surface area is 103 Å². The molecule has 4 heteroatoms. The van der Waals surface area contributed by atoms with Crippen LogP contribution in [0.5, 0.6) is 0 Å². The van der Waals surface area contributed by atoms with Crippen molar-refractivity contribution in [2.24, 2.45) is 11.7 Å². The maximum absolute atomic E-state index is 11.8. The van der Waals surface area contributed by atoms with Gasteiger partial charge in [0.05, 0.1) is 6.61 Å². The third-order valence-electron chi connectivity index (χ3n) is 4.18. The lowest BCUT2D eigenvalue weighted by Gasteiger charge is -2.26. The highest BCUT2D eigenvalue weighted by Crippen LogP contribution is 2.34. The fourth-order valence-electron chi connectivity index (χ4n) is 3.12. The van der Waals surface area contributed by atoms with Crippen molar-refractivity contribution in [2.45, 2.75) is 51.1 Å². The van der Waals surface area contributed by atoms with Gasteiger partial charge in [0.15, 0.2) is 0 Å². The number of ether oxygens (including phenoxy) is 1. The second-order valence-electron chi connectivity index (χ2n) is 5.66. The zero-order chi connectivity index (χ0) is 12.5. The molecule has 2 rings (SSSR count). The van der Waals surface area contributed by atoms with Crippen LogP contribution in [-0.4, -0.2) is 42.1 Å². The van der Waals surface area contributed by atoms with Crippen LogP contribution in [0.1, 0.15) is 39.5 Å². The summed E-state index contributed by atoms with van der Waals surface area (Å²) in [5.41, 5.74) is 5.45. The number of nitrogens with two attached hydrogens (primary N) is 1. The van der Waals surface area contributed by atoms with Gasteiger partial charge in [0.1, 0.15) is 5.54 Å². The Bertz CT molecular complexity index is 295. The highest BCUT2D eigenvalue weighted by atomic mass is 16.5. The topological polar surface area (TPSA) is 55.6 Å². The normalized spacial score (nSPS) is 38.5. The van der Waals surface area contributed by atoms with E-state index in [9.17, 15) is 4.79 Å². The van der Waals surface area contributed by atoms with Crippen LogP contribution in [0.4, 0.5) is 0 Å². The van der Waals surface area contributed by atoms with Crippen molar-refractivity contribution < 1.29 is 9.53 Å². The predicted octanol–water partition coefficient (Wildman–Crippen LogP) is 1.14. The van der Waals surface area contributed by atoms with Crippen molar-refractivity contribution in [2.75, 3.05) is 19.7 Å². The van der Waals surface area contributed by atoms with E-state index in [-0.39, 0.29) is 5.97 Å². The molecule has 1 heterocycles. The summed E-state index contributed by atoms with van der Waals surface area (Å²) in [5.74, 6) is 0.570. The summed E-state index contributed by atoms with van der Waals surface area (Å²) in [7, 11) is 0. The average Bonchev–Trinajstić information content (AvgIpc) is 2.86. The zero-order valence-electron chi connectivity index (χ0n) is 10.9. The van der Waals surface area contributed by atoms with E-state index in [0.29, 0.717) is 12.6 Å².